The van der Waals surface area contributed by atoms with E-state index < -0.39 is 11.9 Å². The minimum Gasteiger partial charge on any atom is -0.481 e. The number of amides is 1. The molecule has 3 rings (SSSR count). The van der Waals surface area contributed by atoms with Gasteiger partial charge in [0, 0.05) is 22.8 Å². The van der Waals surface area contributed by atoms with Crippen molar-refractivity contribution in [3.8, 4) is 0 Å². The first-order valence-electron chi connectivity index (χ1n) is 6.64. The first-order chi connectivity index (χ1) is 9.54. The van der Waals surface area contributed by atoms with Crippen molar-refractivity contribution >= 4 is 27.8 Å². The SMILES string of the molecule is O=C(NC1C=CC(C(=O)O)C1)c1cc(Br)cn1C1CC1. The highest BCUT2D eigenvalue weighted by Gasteiger charge is 2.30. The van der Waals surface area contributed by atoms with Crippen LogP contribution < -0.4 is 5.32 Å². The van der Waals surface area contributed by atoms with E-state index in [9.17, 15) is 9.59 Å². The Balaban J connectivity index is 1.68. The molecule has 0 saturated heterocycles. The number of aliphatic carboxylic acids is 1. The highest BCUT2D eigenvalue weighted by atomic mass is 79.9. The molecule has 2 aliphatic rings. The van der Waals surface area contributed by atoms with Crippen molar-refractivity contribution in [1.29, 1.82) is 0 Å². The van der Waals surface area contributed by atoms with E-state index in [1.54, 1.807) is 18.2 Å². The molecule has 2 N–H and O–H groups in total. The maximum absolute atomic E-state index is 12.3. The second kappa shape index (κ2) is 5.09. The van der Waals surface area contributed by atoms with Gasteiger partial charge in [-0.05, 0) is 41.3 Å². The summed E-state index contributed by atoms with van der Waals surface area (Å²) in [4.78, 5) is 23.2. The zero-order valence-corrected chi connectivity index (χ0v) is 12.3. The van der Waals surface area contributed by atoms with Gasteiger partial charge in [0.1, 0.15) is 5.69 Å². The Labute approximate surface area is 124 Å². The third kappa shape index (κ3) is 2.65. The van der Waals surface area contributed by atoms with Gasteiger partial charge in [-0.15, -0.1) is 0 Å². The number of carboxylic acid groups (broad SMARTS) is 1. The smallest absolute Gasteiger partial charge is 0.310 e. The Morgan fingerprint density at radius 2 is 2.10 bits per heavy atom. The summed E-state index contributed by atoms with van der Waals surface area (Å²) in [6.07, 6.45) is 7.96. The Morgan fingerprint density at radius 1 is 1.35 bits per heavy atom. The summed E-state index contributed by atoms with van der Waals surface area (Å²) in [7, 11) is 0. The highest BCUT2D eigenvalue weighted by molar-refractivity contribution is 9.10. The number of halogens is 1. The number of rotatable bonds is 4. The van der Waals surface area contributed by atoms with Crippen LogP contribution in [0.1, 0.15) is 35.8 Å². The van der Waals surface area contributed by atoms with Gasteiger partial charge < -0.3 is 15.0 Å². The summed E-state index contributed by atoms with van der Waals surface area (Å²) in [6, 6.07) is 2.03. The lowest BCUT2D eigenvalue weighted by atomic mass is 10.1. The molecule has 6 heteroatoms. The maximum atomic E-state index is 12.3. The maximum Gasteiger partial charge on any atom is 0.310 e. The average molecular weight is 339 g/mol. The lowest BCUT2D eigenvalue weighted by Crippen LogP contribution is -2.34. The van der Waals surface area contributed by atoms with E-state index in [-0.39, 0.29) is 11.9 Å². The molecule has 0 aromatic carbocycles. The molecule has 2 aliphatic carbocycles. The second-order valence-electron chi connectivity index (χ2n) is 5.33. The van der Waals surface area contributed by atoms with Gasteiger partial charge in [-0.1, -0.05) is 12.2 Å². The van der Waals surface area contributed by atoms with Crippen molar-refractivity contribution in [2.75, 3.05) is 0 Å². The molecule has 2 atom stereocenters. The molecule has 0 radical (unpaired) electrons. The number of hydrogen-bond acceptors (Lipinski definition) is 2. The van der Waals surface area contributed by atoms with E-state index in [4.69, 9.17) is 5.11 Å². The largest absolute Gasteiger partial charge is 0.481 e. The average Bonchev–Trinajstić information content (AvgIpc) is 3.00. The highest BCUT2D eigenvalue weighted by Crippen LogP contribution is 2.37. The molecule has 106 valence electrons. The third-order valence-electron chi connectivity index (χ3n) is 3.71. The Bertz CT molecular complexity index is 589. The predicted octanol–water partition coefficient (Wildman–Crippen LogP) is 2.34. The molecule has 1 aromatic heterocycles. The first-order valence-corrected chi connectivity index (χ1v) is 7.43. The quantitative estimate of drug-likeness (QED) is 0.827. The molecular weight excluding hydrogens is 324 g/mol. The molecular formula is C14H15BrN2O3. The summed E-state index contributed by atoms with van der Waals surface area (Å²) in [5.41, 5.74) is 0.631. The monoisotopic (exact) mass is 338 g/mol. The third-order valence-corrected chi connectivity index (χ3v) is 4.14. The van der Waals surface area contributed by atoms with Gasteiger partial charge in [-0.3, -0.25) is 9.59 Å². The number of hydrogen-bond donors (Lipinski definition) is 2. The molecule has 0 aliphatic heterocycles. The Hall–Kier alpha value is -1.56. The van der Waals surface area contributed by atoms with Crippen LogP contribution in [0.2, 0.25) is 0 Å². The van der Waals surface area contributed by atoms with Crippen molar-refractivity contribution in [1.82, 2.24) is 9.88 Å². The van der Waals surface area contributed by atoms with Crippen LogP contribution in [0.15, 0.2) is 28.9 Å². The lowest BCUT2D eigenvalue weighted by molar-refractivity contribution is -0.140. The minimum atomic E-state index is -0.845. The molecule has 0 bridgehead atoms. The van der Waals surface area contributed by atoms with E-state index in [0.29, 0.717) is 18.2 Å². The van der Waals surface area contributed by atoms with Crippen LogP contribution in [0.3, 0.4) is 0 Å². The number of carboxylic acids is 1. The molecule has 1 saturated carbocycles. The van der Waals surface area contributed by atoms with Crippen molar-refractivity contribution in [2.45, 2.75) is 31.3 Å². The normalized spacial score (nSPS) is 24.9. The zero-order chi connectivity index (χ0) is 14.3. The summed E-state index contributed by atoms with van der Waals surface area (Å²) >= 11 is 3.40. The van der Waals surface area contributed by atoms with Crippen LogP contribution in [0.4, 0.5) is 0 Å². The fraction of sp³-hybridized carbons (Fsp3) is 0.429. The van der Waals surface area contributed by atoms with Crippen molar-refractivity contribution in [3.63, 3.8) is 0 Å². The van der Waals surface area contributed by atoms with Crippen LogP contribution >= 0.6 is 15.9 Å². The van der Waals surface area contributed by atoms with Gasteiger partial charge in [0.15, 0.2) is 0 Å². The van der Waals surface area contributed by atoms with Crippen molar-refractivity contribution in [3.05, 3.63) is 34.6 Å². The van der Waals surface area contributed by atoms with Crippen LogP contribution in [0.5, 0.6) is 0 Å². The lowest BCUT2D eigenvalue weighted by Gasteiger charge is -2.13. The number of carbonyl (C=O) groups is 2. The van der Waals surface area contributed by atoms with Crippen LogP contribution in [0.25, 0.3) is 0 Å². The summed E-state index contributed by atoms with van der Waals surface area (Å²) in [6.45, 7) is 0. The van der Waals surface area contributed by atoms with E-state index in [1.165, 1.54) is 0 Å². The van der Waals surface area contributed by atoms with Gasteiger partial charge in [-0.25, -0.2) is 0 Å². The molecule has 1 heterocycles. The van der Waals surface area contributed by atoms with E-state index >= 15 is 0 Å². The Kier molecular flexibility index (Phi) is 3.41. The second-order valence-corrected chi connectivity index (χ2v) is 6.24. The van der Waals surface area contributed by atoms with E-state index in [1.807, 2.05) is 10.8 Å². The minimum absolute atomic E-state index is 0.150. The van der Waals surface area contributed by atoms with Gasteiger partial charge in [0.2, 0.25) is 0 Å². The number of nitrogens with one attached hydrogen (secondary N) is 1. The summed E-state index contributed by atoms with van der Waals surface area (Å²) in [5.74, 6) is -1.49. The topological polar surface area (TPSA) is 71.3 Å². The molecule has 2 unspecified atom stereocenters. The fourth-order valence-electron chi connectivity index (χ4n) is 2.51. The molecule has 1 fully saturated rings. The predicted molar refractivity (Wildman–Crippen MR) is 76.5 cm³/mol. The Morgan fingerprint density at radius 3 is 2.70 bits per heavy atom. The summed E-state index contributed by atoms with van der Waals surface area (Å²) < 4.78 is 2.88. The molecule has 5 nitrogen and oxygen atoms in total. The van der Waals surface area contributed by atoms with E-state index in [0.717, 1.165) is 17.3 Å². The van der Waals surface area contributed by atoms with Crippen molar-refractivity contribution < 1.29 is 14.7 Å². The fourth-order valence-corrected chi connectivity index (χ4v) is 2.95. The van der Waals surface area contributed by atoms with E-state index in [2.05, 4.69) is 21.2 Å². The standard InChI is InChI=1S/C14H15BrN2O3/c15-9-6-12(17(7-9)11-3-4-11)13(18)16-10-2-1-8(5-10)14(19)20/h1-2,6-8,10-11H,3-5H2,(H,16,18)(H,19,20). The molecule has 1 aromatic rings. The van der Waals surface area contributed by atoms with Gasteiger partial charge in [-0.2, -0.15) is 0 Å². The van der Waals surface area contributed by atoms with Crippen LogP contribution in [-0.2, 0) is 4.79 Å². The first kappa shape index (κ1) is 13.4. The van der Waals surface area contributed by atoms with Gasteiger partial charge in [0.25, 0.3) is 5.91 Å². The molecule has 1 amide bonds. The number of carbonyl (C=O) groups excluding carboxylic acids is 1. The molecule has 20 heavy (non-hydrogen) atoms. The van der Waals surface area contributed by atoms with Crippen molar-refractivity contribution in [2.24, 2.45) is 5.92 Å². The van der Waals surface area contributed by atoms with Gasteiger partial charge >= 0.3 is 5.97 Å². The van der Waals surface area contributed by atoms with Crippen LogP contribution in [0, 0.1) is 5.92 Å². The summed E-state index contributed by atoms with van der Waals surface area (Å²) in [5, 5.41) is 11.8. The van der Waals surface area contributed by atoms with Gasteiger partial charge in [0.05, 0.1) is 5.92 Å². The van der Waals surface area contributed by atoms with Crippen LogP contribution in [-0.4, -0.2) is 27.6 Å². The molecule has 0 spiro atoms. The number of aromatic nitrogens is 1. The number of nitrogens with zero attached hydrogens (tertiary/aromatic N) is 1. The zero-order valence-electron chi connectivity index (χ0n) is 10.8.